The molecule has 0 aliphatic carbocycles. The molecule has 0 unspecified atom stereocenters. The van der Waals surface area contributed by atoms with Crippen molar-refractivity contribution in [2.75, 3.05) is 26.2 Å². The predicted octanol–water partition coefficient (Wildman–Crippen LogP) is 1.76. The van der Waals surface area contributed by atoms with E-state index in [0.717, 1.165) is 4.90 Å². The number of nitrogens with zero attached hydrogens (tertiary/aromatic N) is 3. The summed E-state index contributed by atoms with van der Waals surface area (Å²) >= 11 is 0. The number of benzene rings is 2. The van der Waals surface area contributed by atoms with E-state index in [1.54, 1.807) is 0 Å². The lowest BCUT2D eigenvalue weighted by atomic mass is 10.1. The van der Waals surface area contributed by atoms with Crippen molar-refractivity contribution in [2.24, 2.45) is 5.73 Å². The van der Waals surface area contributed by atoms with Crippen molar-refractivity contribution in [3.05, 3.63) is 79.9 Å². The van der Waals surface area contributed by atoms with Crippen LogP contribution < -0.4 is 11.1 Å². The van der Waals surface area contributed by atoms with E-state index in [1.165, 1.54) is 48.5 Å². The summed E-state index contributed by atoms with van der Waals surface area (Å²) in [6.07, 6.45) is 0. The zero-order chi connectivity index (χ0) is 21.4. The molecule has 0 radical (unpaired) electrons. The van der Waals surface area contributed by atoms with Crippen LogP contribution in [0.25, 0.3) is 0 Å². The maximum absolute atomic E-state index is 12.9. The Balaban J connectivity index is 0.00000450. The predicted molar refractivity (Wildman–Crippen MR) is 111 cm³/mol. The van der Waals surface area contributed by atoms with Gasteiger partial charge in [0.15, 0.2) is 0 Å². The van der Waals surface area contributed by atoms with Crippen LogP contribution in [-0.2, 0) is 0 Å². The SMILES string of the molecule is Cl.NCCNCCN(C(=O)c1ccc([N+](=O)[O-])cc1)C(=O)c1ccc([N+](=O)[O-])cc1. The monoisotopic (exact) mass is 437 g/mol. The number of imide groups is 1. The topological polar surface area (TPSA) is 162 Å². The minimum absolute atomic E-state index is 0. The number of non-ortho nitro benzene ring substituents is 2. The first-order valence-corrected chi connectivity index (χ1v) is 8.61. The van der Waals surface area contributed by atoms with Crippen molar-refractivity contribution in [2.45, 2.75) is 0 Å². The van der Waals surface area contributed by atoms with Gasteiger partial charge in [-0.05, 0) is 24.3 Å². The lowest BCUT2D eigenvalue weighted by Crippen LogP contribution is -2.42. The van der Waals surface area contributed by atoms with Crippen LogP contribution in [0.15, 0.2) is 48.5 Å². The zero-order valence-electron chi connectivity index (χ0n) is 15.7. The molecule has 0 atom stereocenters. The van der Waals surface area contributed by atoms with E-state index in [9.17, 15) is 29.8 Å². The fourth-order valence-electron chi connectivity index (χ4n) is 2.48. The number of amides is 2. The number of nitrogens with two attached hydrogens (primary N) is 1. The van der Waals surface area contributed by atoms with Gasteiger partial charge >= 0.3 is 0 Å². The Bertz CT molecular complexity index is 835. The fourth-order valence-corrected chi connectivity index (χ4v) is 2.48. The summed E-state index contributed by atoms with van der Waals surface area (Å²) in [5, 5.41) is 24.5. The molecule has 0 bridgehead atoms. The van der Waals surface area contributed by atoms with Crippen LogP contribution in [0.5, 0.6) is 0 Å². The van der Waals surface area contributed by atoms with Crippen LogP contribution in [0.4, 0.5) is 11.4 Å². The smallest absolute Gasteiger partial charge is 0.269 e. The molecule has 0 aliphatic rings. The highest BCUT2D eigenvalue weighted by atomic mass is 35.5. The number of hydrogen-bond donors (Lipinski definition) is 2. The Morgan fingerprint density at radius 1 is 0.833 bits per heavy atom. The third-order valence-electron chi connectivity index (χ3n) is 3.97. The molecule has 0 aliphatic heterocycles. The highest BCUT2D eigenvalue weighted by molar-refractivity contribution is 6.10. The Morgan fingerprint density at radius 2 is 1.23 bits per heavy atom. The summed E-state index contributed by atoms with van der Waals surface area (Å²) in [6, 6.07) is 9.77. The van der Waals surface area contributed by atoms with E-state index in [1.807, 2.05) is 0 Å². The number of nitro groups is 2. The molecule has 3 N–H and O–H groups in total. The average Bonchev–Trinajstić information content (AvgIpc) is 2.73. The summed E-state index contributed by atoms with van der Waals surface area (Å²) in [5.41, 5.74) is 5.25. The first-order chi connectivity index (χ1) is 13.8. The Hall–Kier alpha value is -3.41. The normalized spacial score (nSPS) is 10.0. The van der Waals surface area contributed by atoms with E-state index in [0.29, 0.717) is 13.1 Å². The van der Waals surface area contributed by atoms with E-state index >= 15 is 0 Å². The van der Waals surface area contributed by atoms with Crippen molar-refractivity contribution < 1.29 is 19.4 Å². The number of carbonyl (C=O) groups excluding carboxylic acids is 2. The second kappa shape index (κ2) is 11.6. The fraction of sp³-hybridized carbons (Fsp3) is 0.222. The molecule has 2 rings (SSSR count). The molecule has 12 heteroatoms. The van der Waals surface area contributed by atoms with Crippen molar-refractivity contribution in [3.63, 3.8) is 0 Å². The van der Waals surface area contributed by atoms with Crippen molar-refractivity contribution in [3.8, 4) is 0 Å². The standard InChI is InChI=1S/C18H19N5O6.ClH/c19-9-10-20-11-12-21(17(24)13-1-5-15(6-2-13)22(26)27)18(25)14-3-7-16(8-4-14)23(28)29;/h1-8,20H,9-12,19H2;1H. The molecule has 0 spiro atoms. The molecule has 0 saturated carbocycles. The van der Waals surface area contributed by atoms with Gasteiger partial charge in [0, 0.05) is 61.6 Å². The molecule has 11 nitrogen and oxygen atoms in total. The maximum Gasteiger partial charge on any atom is 0.269 e. The Kier molecular flexibility index (Phi) is 9.49. The highest BCUT2D eigenvalue weighted by Crippen LogP contribution is 2.17. The number of halogens is 1. The van der Waals surface area contributed by atoms with Crippen molar-refractivity contribution in [1.29, 1.82) is 0 Å². The number of nitro benzene ring substituents is 2. The van der Waals surface area contributed by atoms with E-state index < -0.39 is 21.7 Å². The average molecular weight is 438 g/mol. The third kappa shape index (κ3) is 6.30. The lowest BCUT2D eigenvalue weighted by Gasteiger charge is -2.21. The highest BCUT2D eigenvalue weighted by Gasteiger charge is 2.24. The largest absolute Gasteiger partial charge is 0.329 e. The van der Waals surface area contributed by atoms with Gasteiger partial charge in [-0.1, -0.05) is 0 Å². The number of carbonyl (C=O) groups is 2. The summed E-state index contributed by atoms with van der Waals surface area (Å²) in [7, 11) is 0. The molecule has 0 fully saturated rings. The van der Waals surface area contributed by atoms with Crippen LogP contribution in [0, 0.1) is 20.2 Å². The van der Waals surface area contributed by atoms with Gasteiger partial charge in [-0.15, -0.1) is 12.4 Å². The Morgan fingerprint density at radius 3 is 1.57 bits per heavy atom. The zero-order valence-corrected chi connectivity index (χ0v) is 16.5. The number of nitrogens with one attached hydrogen (secondary N) is 1. The van der Waals surface area contributed by atoms with Crippen molar-refractivity contribution in [1.82, 2.24) is 10.2 Å². The summed E-state index contributed by atoms with van der Waals surface area (Å²) in [5.74, 6) is -1.28. The first kappa shape index (κ1) is 24.6. The van der Waals surface area contributed by atoms with Crippen LogP contribution >= 0.6 is 12.4 Å². The van der Waals surface area contributed by atoms with Crippen LogP contribution in [-0.4, -0.2) is 52.7 Å². The number of rotatable bonds is 9. The molecular formula is C18H20ClN5O6. The van der Waals surface area contributed by atoms with Gasteiger partial charge in [0.25, 0.3) is 23.2 Å². The van der Waals surface area contributed by atoms with Gasteiger partial charge in [0.2, 0.25) is 0 Å². The van der Waals surface area contributed by atoms with Gasteiger partial charge in [0.1, 0.15) is 0 Å². The van der Waals surface area contributed by atoms with E-state index in [-0.39, 0.29) is 48.0 Å². The first-order valence-electron chi connectivity index (χ1n) is 8.61. The van der Waals surface area contributed by atoms with Gasteiger partial charge in [-0.3, -0.25) is 34.7 Å². The summed E-state index contributed by atoms with van der Waals surface area (Å²) in [4.78, 5) is 47.1. The molecule has 2 amide bonds. The molecule has 160 valence electrons. The second-order valence-electron chi connectivity index (χ2n) is 5.91. The molecule has 0 heterocycles. The summed E-state index contributed by atoms with van der Waals surface area (Å²) in [6.45, 7) is 1.18. The minimum Gasteiger partial charge on any atom is -0.329 e. The van der Waals surface area contributed by atoms with Gasteiger partial charge in [-0.25, -0.2) is 0 Å². The molecule has 2 aromatic rings. The second-order valence-corrected chi connectivity index (χ2v) is 5.91. The molecule has 0 aromatic heterocycles. The number of hydrogen-bond acceptors (Lipinski definition) is 8. The molecule has 2 aromatic carbocycles. The van der Waals surface area contributed by atoms with Crippen LogP contribution in [0.1, 0.15) is 20.7 Å². The maximum atomic E-state index is 12.9. The summed E-state index contributed by atoms with van der Waals surface area (Å²) < 4.78 is 0. The minimum atomic E-state index is -0.641. The quantitative estimate of drug-likeness (QED) is 0.259. The third-order valence-corrected chi connectivity index (χ3v) is 3.97. The Labute approximate surface area is 177 Å². The molecule has 0 saturated heterocycles. The van der Waals surface area contributed by atoms with E-state index in [2.05, 4.69) is 5.32 Å². The van der Waals surface area contributed by atoms with Gasteiger partial charge in [0.05, 0.1) is 9.85 Å². The van der Waals surface area contributed by atoms with Crippen LogP contribution in [0.3, 0.4) is 0 Å². The van der Waals surface area contributed by atoms with Gasteiger partial charge in [-0.2, -0.15) is 0 Å². The molecular weight excluding hydrogens is 418 g/mol. The van der Waals surface area contributed by atoms with E-state index in [4.69, 9.17) is 5.73 Å². The van der Waals surface area contributed by atoms with Crippen LogP contribution in [0.2, 0.25) is 0 Å². The van der Waals surface area contributed by atoms with Gasteiger partial charge < -0.3 is 11.1 Å². The lowest BCUT2D eigenvalue weighted by molar-refractivity contribution is -0.385. The molecule has 30 heavy (non-hydrogen) atoms. The van der Waals surface area contributed by atoms with Crippen molar-refractivity contribution >= 4 is 35.6 Å².